The Morgan fingerprint density at radius 2 is 2.30 bits per heavy atom. The van der Waals surface area contributed by atoms with Crippen LogP contribution in [0.2, 0.25) is 0 Å². The van der Waals surface area contributed by atoms with Crippen LogP contribution >= 0.6 is 0 Å². The zero-order valence-electron chi connectivity index (χ0n) is 6.35. The highest BCUT2D eigenvalue weighted by Gasteiger charge is 1.98. The van der Waals surface area contributed by atoms with Gasteiger partial charge in [0, 0.05) is 27.1 Å². The highest BCUT2D eigenvalue weighted by molar-refractivity contribution is 5.73. The van der Waals surface area contributed by atoms with Gasteiger partial charge in [-0.3, -0.25) is 0 Å². The normalized spacial score (nSPS) is 8.10. The fourth-order valence-corrected chi connectivity index (χ4v) is 0.400. The lowest BCUT2D eigenvalue weighted by Crippen LogP contribution is -2.34. The van der Waals surface area contributed by atoms with E-state index in [2.05, 4.69) is 11.2 Å². The summed E-state index contributed by atoms with van der Waals surface area (Å²) in [5.74, 6) is 2.43. The van der Waals surface area contributed by atoms with Crippen LogP contribution in [0.3, 0.4) is 0 Å². The first kappa shape index (κ1) is 8.83. The van der Waals surface area contributed by atoms with Crippen LogP contribution < -0.4 is 5.32 Å². The highest BCUT2D eigenvalue weighted by atomic mass is 16.2. The lowest BCUT2D eigenvalue weighted by molar-refractivity contribution is 0.217. The first-order valence-electron chi connectivity index (χ1n) is 3.07. The van der Waals surface area contributed by atoms with E-state index in [0.717, 1.165) is 0 Å². The number of terminal acetylenes is 1. The Bertz CT molecular complexity index is 146. The van der Waals surface area contributed by atoms with Crippen LogP contribution in [0.4, 0.5) is 4.79 Å². The molecule has 0 aromatic heterocycles. The molecule has 3 heteroatoms. The third kappa shape index (κ3) is 3.79. The summed E-state index contributed by atoms with van der Waals surface area (Å²) in [7, 11) is 3.37. The van der Waals surface area contributed by atoms with Crippen molar-refractivity contribution < 1.29 is 4.79 Å². The van der Waals surface area contributed by atoms with Gasteiger partial charge < -0.3 is 10.2 Å². The van der Waals surface area contributed by atoms with Gasteiger partial charge in [-0.05, 0) is 0 Å². The number of rotatable bonds is 2. The van der Waals surface area contributed by atoms with E-state index in [1.165, 1.54) is 4.90 Å². The van der Waals surface area contributed by atoms with Crippen LogP contribution in [0.5, 0.6) is 0 Å². The summed E-state index contributed by atoms with van der Waals surface area (Å²) in [5, 5.41) is 2.63. The molecule has 0 heterocycles. The standard InChI is InChI=1S/C7H12N2O/c1-4-5-6-8-7(10)9(2)3/h1H,5-6H2,2-3H3,(H,8,10). The Kier molecular flexibility index (Phi) is 4.14. The minimum absolute atomic E-state index is 0.102. The quantitative estimate of drug-likeness (QED) is 0.433. The summed E-state index contributed by atoms with van der Waals surface area (Å²) in [6.07, 6.45) is 5.56. The van der Waals surface area contributed by atoms with Crippen LogP contribution in [0.1, 0.15) is 6.42 Å². The van der Waals surface area contributed by atoms with Crippen molar-refractivity contribution in [3.8, 4) is 12.3 Å². The maximum Gasteiger partial charge on any atom is 0.316 e. The highest BCUT2D eigenvalue weighted by Crippen LogP contribution is 1.77. The molecule has 0 radical (unpaired) electrons. The molecule has 10 heavy (non-hydrogen) atoms. The van der Waals surface area contributed by atoms with Crippen molar-refractivity contribution in [2.24, 2.45) is 0 Å². The van der Waals surface area contributed by atoms with Gasteiger partial charge in [-0.25, -0.2) is 4.79 Å². The maximum absolute atomic E-state index is 10.8. The Labute approximate surface area is 61.4 Å². The van der Waals surface area contributed by atoms with Gasteiger partial charge in [0.1, 0.15) is 0 Å². The monoisotopic (exact) mass is 140 g/mol. The van der Waals surface area contributed by atoms with Crippen LogP contribution in [-0.4, -0.2) is 31.6 Å². The minimum Gasteiger partial charge on any atom is -0.337 e. The molecule has 0 bridgehead atoms. The molecule has 0 aliphatic rings. The van der Waals surface area contributed by atoms with Crippen molar-refractivity contribution in [2.45, 2.75) is 6.42 Å². The Hall–Kier alpha value is -1.17. The van der Waals surface area contributed by atoms with E-state index in [4.69, 9.17) is 6.42 Å². The molecule has 0 aromatic rings. The summed E-state index contributed by atoms with van der Waals surface area (Å²) in [5.41, 5.74) is 0. The number of nitrogens with zero attached hydrogens (tertiary/aromatic N) is 1. The van der Waals surface area contributed by atoms with Crippen molar-refractivity contribution in [3.05, 3.63) is 0 Å². The summed E-state index contributed by atoms with van der Waals surface area (Å²) in [4.78, 5) is 12.2. The van der Waals surface area contributed by atoms with Gasteiger partial charge in [-0.15, -0.1) is 12.3 Å². The number of hydrogen-bond acceptors (Lipinski definition) is 1. The van der Waals surface area contributed by atoms with Gasteiger partial charge in [0.2, 0.25) is 0 Å². The molecule has 2 amide bonds. The molecule has 0 saturated heterocycles. The van der Waals surface area contributed by atoms with Crippen molar-refractivity contribution in [2.75, 3.05) is 20.6 Å². The summed E-state index contributed by atoms with van der Waals surface area (Å²) < 4.78 is 0. The van der Waals surface area contributed by atoms with Crippen molar-refractivity contribution in [1.82, 2.24) is 10.2 Å². The van der Waals surface area contributed by atoms with Crippen LogP contribution in [0.15, 0.2) is 0 Å². The largest absolute Gasteiger partial charge is 0.337 e. The van der Waals surface area contributed by atoms with Crippen LogP contribution in [0.25, 0.3) is 0 Å². The van der Waals surface area contributed by atoms with Gasteiger partial charge in [0.05, 0.1) is 0 Å². The van der Waals surface area contributed by atoms with E-state index < -0.39 is 0 Å². The molecule has 0 aliphatic carbocycles. The lowest BCUT2D eigenvalue weighted by Gasteiger charge is -2.10. The lowest BCUT2D eigenvalue weighted by atomic mass is 10.4. The van der Waals surface area contributed by atoms with E-state index in [9.17, 15) is 4.79 Å². The van der Waals surface area contributed by atoms with Gasteiger partial charge in [0.25, 0.3) is 0 Å². The molecule has 0 atom stereocenters. The van der Waals surface area contributed by atoms with E-state index in [0.29, 0.717) is 13.0 Å². The number of carbonyl (C=O) groups excluding carboxylic acids is 1. The molecule has 0 saturated carbocycles. The number of amides is 2. The zero-order chi connectivity index (χ0) is 7.98. The Balaban J connectivity index is 3.33. The van der Waals surface area contributed by atoms with Gasteiger partial charge in [0.15, 0.2) is 0 Å². The Morgan fingerprint density at radius 1 is 1.70 bits per heavy atom. The summed E-state index contributed by atoms with van der Waals surface area (Å²) in [6.45, 7) is 0.549. The van der Waals surface area contributed by atoms with E-state index >= 15 is 0 Å². The first-order valence-corrected chi connectivity index (χ1v) is 3.07. The molecule has 0 aliphatic heterocycles. The van der Waals surface area contributed by atoms with Gasteiger partial charge in [-0.2, -0.15) is 0 Å². The van der Waals surface area contributed by atoms with E-state index in [-0.39, 0.29) is 6.03 Å². The number of urea groups is 1. The third-order valence-corrected chi connectivity index (χ3v) is 0.952. The van der Waals surface area contributed by atoms with Crippen LogP contribution in [-0.2, 0) is 0 Å². The second-order valence-electron chi connectivity index (χ2n) is 2.08. The SMILES string of the molecule is C#CCCNC(=O)N(C)C. The van der Waals surface area contributed by atoms with Crippen molar-refractivity contribution in [3.63, 3.8) is 0 Å². The summed E-state index contributed by atoms with van der Waals surface area (Å²) >= 11 is 0. The number of carbonyl (C=O) groups is 1. The minimum atomic E-state index is -0.102. The number of hydrogen-bond donors (Lipinski definition) is 1. The fourth-order valence-electron chi connectivity index (χ4n) is 0.400. The number of nitrogens with one attached hydrogen (secondary N) is 1. The third-order valence-electron chi connectivity index (χ3n) is 0.952. The second-order valence-corrected chi connectivity index (χ2v) is 2.08. The molecule has 0 spiro atoms. The second kappa shape index (κ2) is 4.68. The average Bonchev–Trinajstić information content (AvgIpc) is 1.88. The van der Waals surface area contributed by atoms with E-state index in [1.807, 2.05) is 0 Å². The predicted octanol–water partition coefficient (Wildman–Crippen LogP) is 0.281. The zero-order valence-corrected chi connectivity index (χ0v) is 6.35. The maximum atomic E-state index is 10.8. The Morgan fingerprint density at radius 3 is 2.70 bits per heavy atom. The first-order chi connectivity index (χ1) is 4.68. The smallest absolute Gasteiger partial charge is 0.316 e. The topological polar surface area (TPSA) is 32.3 Å². The predicted molar refractivity (Wildman–Crippen MR) is 40.5 cm³/mol. The molecular weight excluding hydrogens is 128 g/mol. The fraction of sp³-hybridized carbons (Fsp3) is 0.571. The molecule has 1 N–H and O–H groups in total. The van der Waals surface area contributed by atoms with Gasteiger partial charge in [-0.1, -0.05) is 0 Å². The molecule has 3 nitrogen and oxygen atoms in total. The molecule has 0 aromatic carbocycles. The molecule has 0 fully saturated rings. The molecule has 0 rings (SSSR count). The molecular formula is C7H12N2O. The summed E-state index contributed by atoms with van der Waals surface area (Å²) in [6, 6.07) is -0.102. The van der Waals surface area contributed by atoms with Gasteiger partial charge >= 0.3 is 6.03 Å². The average molecular weight is 140 g/mol. The van der Waals surface area contributed by atoms with E-state index in [1.54, 1.807) is 14.1 Å². The van der Waals surface area contributed by atoms with Crippen molar-refractivity contribution >= 4 is 6.03 Å². The van der Waals surface area contributed by atoms with Crippen molar-refractivity contribution in [1.29, 1.82) is 0 Å². The molecule has 0 unspecified atom stereocenters. The van der Waals surface area contributed by atoms with Crippen LogP contribution in [0, 0.1) is 12.3 Å². The molecule has 56 valence electrons.